The number of amides is 3. The van der Waals surface area contributed by atoms with Crippen molar-refractivity contribution in [1.82, 2.24) is 15.5 Å². The lowest BCUT2D eigenvalue weighted by molar-refractivity contribution is -0.127. The number of carbonyl (C=O) groups excluding carboxylic acids is 3. The van der Waals surface area contributed by atoms with Gasteiger partial charge in [-0.2, -0.15) is 0 Å². The molecule has 0 radical (unpaired) electrons. The first-order valence-electron chi connectivity index (χ1n) is 9.52. The second-order valence-electron chi connectivity index (χ2n) is 7.39. The lowest BCUT2D eigenvalue weighted by Gasteiger charge is -2.32. The van der Waals surface area contributed by atoms with Crippen LogP contribution in [0.15, 0.2) is 30.3 Å². The number of benzene rings is 1. The molecule has 1 aromatic carbocycles. The number of halogens is 1. The van der Waals surface area contributed by atoms with Crippen molar-refractivity contribution in [2.75, 3.05) is 26.2 Å². The van der Waals surface area contributed by atoms with Gasteiger partial charge in [-0.25, -0.2) is 0 Å². The number of nitrogens with one attached hydrogen (secondary N) is 2. The zero-order valence-corrected chi connectivity index (χ0v) is 17.3. The number of piperidine rings is 1. The Bertz CT molecular complexity index is 646. The molecule has 4 N–H and O–H groups in total. The van der Waals surface area contributed by atoms with Crippen molar-refractivity contribution in [2.24, 2.45) is 17.6 Å². The van der Waals surface area contributed by atoms with Crippen LogP contribution in [0.3, 0.4) is 0 Å². The standard InChI is InChI=1S/C20H30N4O3.ClH/c1-14(2)18(21)19(26)23-13-17(25)22-12-15-8-10-24(11-9-15)20(27)16-6-4-3-5-7-16;/h3-7,14-15,18H,8-13,21H2,1-2H3,(H,22,25)(H,23,26);1H/t18-;/m0./s1. The number of hydrogen-bond donors (Lipinski definition) is 3. The number of nitrogens with zero attached hydrogens (tertiary/aromatic N) is 1. The quantitative estimate of drug-likeness (QED) is 0.627. The van der Waals surface area contributed by atoms with Gasteiger partial charge >= 0.3 is 0 Å². The summed E-state index contributed by atoms with van der Waals surface area (Å²) in [6.07, 6.45) is 1.70. The van der Waals surface area contributed by atoms with Crippen LogP contribution < -0.4 is 16.4 Å². The monoisotopic (exact) mass is 410 g/mol. The normalized spacial score (nSPS) is 15.5. The third-order valence-electron chi connectivity index (χ3n) is 4.95. The molecule has 1 saturated heterocycles. The van der Waals surface area contributed by atoms with E-state index in [1.807, 2.05) is 49.1 Å². The highest BCUT2D eigenvalue weighted by Gasteiger charge is 2.24. The maximum absolute atomic E-state index is 12.4. The van der Waals surface area contributed by atoms with Gasteiger partial charge in [0.1, 0.15) is 0 Å². The van der Waals surface area contributed by atoms with Crippen molar-refractivity contribution >= 4 is 30.1 Å². The molecule has 0 bridgehead atoms. The van der Waals surface area contributed by atoms with Gasteiger partial charge in [0.2, 0.25) is 11.8 Å². The SMILES string of the molecule is CC(C)[C@H](N)C(=O)NCC(=O)NCC1CCN(C(=O)c2ccccc2)CC1.Cl. The van der Waals surface area contributed by atoms with Crippen molar-refractivity contribution in [3.05, 3.63) is 35.9 Å². The minimum absolute atomic E-state index is 0. The summed E-state index contributed by atoms with van der Waals surface area (Å²) in [5, 5.41) is 5.42. The second kappa shape index (κ2) is 11.7. The molecule has 7 nitrogen and oxygen atoms in total. The van der Waals surface area contributed by atoms with Crippen LogP contribution in [-0.4, -0.2) is 54.8 Å². The lowest BCUT2D eigenvalue weighted by atomic mass is 9.96. The number of rotatable bonds is 7. The van der Waals surface area contributed by atoms with Gasteiger partial charge in [-0.3, -0.25) is 14.4 Å². The lowest BCUT2D eigenvalue weighted by Crippen LogP contribution is -2.48. The molecule has 1 aliphatic heterocycles. The summed E-state index contributed by atoms with van der Waals surface area (Å²) in [7, 11) is 0. The Kier molecular flexibility index (Phi) is 9.96. The van der Waals surface area contributed by atoms with Gasteiger partial charge in [0.15, 0.2) is 0 Å². The van der Waals surface area contributed by atoms with E-state index in [0.717, 1.165) is 12.8 Å². The summed E-state index contributed by atoms with van der Waals surface area (Å²) >= 11 is 0. The predicted molar refractivity (Wildman–Crippen MR) is 111 cm³/mol. The van der Waals surface area contributed by atoms with E-state index in [-0.39, 0.29) is 42.6 Å². The molecule has 0 unspecified atom stereocenters. The van der Waals surface area contributed by atoms with Gasteiger partial charge in [0.05, 0.1) is 12.6 Å². The average molecular weight is 411 g/mol. The molecular formula is C20H31ClN4O3. The van der Waals surface area contributed by atoms with Crippen molar-refractivity contribution in [2.45, 2.75) is 32.7 Å². The van der Waals surface area contributed by atoms with E-state index >= 15 is 0 Å². The van der Waals surface area contributed by atoms with E-state index in [0.29, 0.717) is 31.1 Å². The largest absolute Gasteiger partial charge is 0.354 e. The van der Waals surface area contributed by atoms with E-state index in [4.69, 9.17) is 5.73 Å². The van der Waals surface area contributed by atoms with Crippen molar-refractivity contribution in [3.63, 3.8) is 0 Å². The predicted octanol–water partition coefficient (Wildman–Crippen LogP) is 1.18. The molecule has 1 aliphatic rings. The third-order valence-corrected chi connectivity index (χ3v) is 4.95. The fraction of sp³-hybridized carbons (Fsp3) is 0.550. The zero-order valence-electron chi connectivity index (χ0n) is 16.5. The molecule has 1 heterocycles. The van der Waals surface area contributed by atoms with Gasteiger partial charge in [0.25, 0.3) is 5.91 Å². The summed E-state index contributed by atoms with van der Waals surface area (Å²) in [5.74, 6) is -0.114. The Labute approximate surface area is 172 Å². The van der Waals surface area contributed by atoms with Crippen LogP contribution in [0.25, 0.3) is 0 Å². The highest BCUT2D eigenvalue weighted by Crippen LogP contribution is 2.18. The minimum Gasteiger partial charge on any atom is -0.354 e. The first-order chi connectivity index (χ1) is 12.9. The van der Waals surface area contributed by atoms with Crippen LogP contribution in [-0.2, 0) is 9.59 Å². The fourth-order valence-corrected chi connectivity index (χ4v) is 3.01. The van der Waals surface area contributed by atoms with E-state index in [9.17, 15) is 14.4 Å². The molecule has 0 saturated carbocycles. The summed E-state index contributed by atoms with van der Waals surface area (Å²) in [6, 6.07) is 8.67. The van der Waals surface area contributed by atoms with E-state index in [1.165, 1.54) is 0 Å². The minimum atomic E-state index is -0.607. The maximum atomic E-state index is 12.4. The first-order valence-corrected chi connectivity index (χ1v) is 9.52. The topological polar surface area (TPSA) is 105 Å². The molecule has 1 aromatic rings. The van der Waals surface area contributed by atoms with Crippen LogP contribution in [0.1, 0.15) is 37.0 Å². The van der Waals surface area contributed by atoms with E-state index in [1.54, 1.807) is 0 Å². The van der Waals surface area contributed by atoms with E-state index < -0.39 is 6.04 Å². The van der Waals surface area contributed by atoms with Crippen LogP contribution in [0.2, 0.25) is 0 Å². The Morgan fingerprint density at radius 3 is 2.29 bits per heavy atom. The molecule has 1 fully saturated rings. The van der Waals surface area contributed by atoms with Crippen LogP contribution in [0.5, 0.6) is 0 Å². The third kappa shape index (κ3) is 7.13. The molecule has 1 atom stereocenters. The molecular weight excluding hydrogens is 380 g/mol. The molecule has 0 aliphatic carbocycles. The van der Waals surface area contributed by atoms with Crippen molar-refractivity contribution in [3.8, 4) is 0 Å². The van der Waals surface area contributed by atoms with E-state index in [2.05, 4.69) is 10.6 Å². The molecule has 28 heavy (non-hydrogen) atoms. The van der Waals surface area contributed by atoms with Gasteiger partial charge < -0.3 is 21.3 Å². The summed E-state index contributed by atoms with van der Waals surface area (Å²) < 4.78 is 0. The van der Waals surface area contributed by atoms with Gasteiger partial charge in [-0.05, 0) is 36.8 Å². The molecule has 156 valence electrons. The van der Waals surface area contributed by atoms with Gasteiger partial charge in [-0.15, -0.1) is 12.4 Å². The molecule has 3 amide bonds. The van der Waals surface area contributed by atoms with Gasteiger partial charge in [0, 0.05) is 25.2 Å². The number of carbonyl (C=O) groups is 3. The second-order valence-corrected chi connectivity index (χ2v) is 7.39. The Hall–Kier alpha value is -2.12. The van der Waals surface area contributed by atoms with Crippen LogP contribution in [0, 0.1) is 11.8 Å². The zero-order chi connectivity index (χ0) is 19.8. The maximum Gasteiger partial charge on any atom is 0.253 e. The van der Waals surface area contributed by atoms with Gasteiger partial charge in [-0.1, -0.05) is 32.0 Å². The number of hydrogen-bond acceptors (Lipinski definition) is 4. The molecule has 0 aromatic heterocycles. The smallest absolute Gasteiger partial charge is 0.253 e. The number of nitrogens with two attached hydrogens (primary N) is 1. The highest BCUT2D eigenvalue weighted by atomic mass is 35.5. The highest BCUT2D eigenvalue weighted by molar-refractivity contribution is 5.94. The summed E-state index contributed by atoms with van der Waals surface area (Å²) in [6.45, 7) is 5.59. The average Bonchev–Trinajstić information content (AvgIpc) is 2.70. The first kappa shape index (κ1) is 23.9. The Balaban J connectivity index is 0.00000392. The number of likely N-dealkylation sites (tertiary alicyclic amines) is 1. The Morgan fingerprint density at radius 2 is 1.71 bits per heavy atom. The summed E-state index contributed by atoms with van der Waals surface area (Å²) in [5.41, 5.74) is 6.45. The summed E-state index contributed by atoms with van der Waals surface area (Å²) in [4.78, 5) is 38.0. The Morgan fingerprint density at radius 1 is 1.11 bits per heavy atom. The van der Waals surface area contributed by atoms with Crippen LogP contribution in [0.4, 0.5) is 0 Å². The molecule has 8 heteroatoms. The molecule has 0 spiro atoms. The van der Waals surface area contributed by atoms with Crippen molar-refractivity contribution < 1.29 is 14.4 Å². The fourth-order valence-electron chi connectivity index (χ4n) is 3.01. The molecule has 2 rings (SSSR count). The van der Waals surface area contributed by atoms with Crippen LogP contribution >= 0.6 is 12.4 Å². The van der Waals surface area contributed by atoms with Crippen molar-refractivity contribution in [1.29, 1.82) is 0 Å².